The average Bonchev–Trinajstić information content (AvgIpc) is 2.19. The topological polar surface area (TPSA) is 57.8 Å². The molecule has 4 heteroatoms. The van der Waals surface area contributed by atoms with Gasteiger partial charge in [-0.05, 0) is 12.8 Å². The van der Waals surface area contributed by atoms with Crippen LogP contribution in [0.1, 0.15) is 12.8 Å². The second-order valence-electron chi connectivity index (χ2n) is 3.39. The highest BCUT2D eigenvalue weighted by Crippen LogP contribution is 2.11. The van der Waals surface area contributed by atoms with Crippen LogP contribution in [0.3, 0.4) is 0 Å². The van der Waals surface area contributed by atoms with Crippen molar-refractivity contribution in [1.29, 1.82) is 0 Å². The third kappa shape index (κ3) is 3.60. The first-order valence-electron chi connectivity index (χ1n) is 4.97. The quantitative estimate of drug-likeness (QED) is 0.583. The van der Waals surface area contributed by atoms with E-state index in [2.05, 4.69) is 10.2 Å². The molecule has 0 aliphatic carbocycles. The summed E-state index contributed by atoms with van der Waals surface area (Å²) in [5, 5.41) is 22.0. The molecule has 1 heterocycles. The molecule has 2 N–H and O–H groups in total. The third-order valence-corrected chi connectivity index (χ3v) is 2.53. The molecular formula is C9H19N2O2. The van der Waals surface area contributed by atoms with Crippen LogP contribution in [0.4, 0.5) is 0 Å². The molecule has 0 aromatic carbocycles. The van der Waals surface area contributed by atoms with Crippen molar-refractivity contribution < 1.29 is 10.2 Å². The SMILES string of the molecule is OCCN(CCO)C1CC[N]CC1. The van der Waals surface area contributed by atoms with Gasteiger partial charge in [0.25, 0.3) is 0 Å². The Morgan fingerprint density at radius 1 is 1.08 bits per heavy atom. The van der Waals surface area contributed by atoms with Crippen LogP contribution in [0, 0.1) is 0 Å². The van der Waals surface area contributed by atoms with E-state index in [1.807, 2.05) is 0 Å². The molecule has 0 bridgehead atoms. The lowest BCUT2D eigenvalue weighted by Gasteiger charge is -2.33. The lowest BCUT2D eigenvalue weighted by atomic mass is 10.0. The van der Waals surface area contributed by atoms with Gasteiger partial charge in [0.1, 0.15) is 0 Å². The van der Waals surface area contributed by atoms with Gasteiger partial charge in [0, 0.05) is 32.2 Å². The van der Waals surface area contributed by atoms with Crippen molar-refractivity contribution in [2.24, 2.45) is 0 Å². The van der Waals surface area contributed by atoms with Crippen molar-refractivity contribution in [3.63, 3.8) is 0 Å². The number of nitrogens with zero attached hydrogens (tertiary/aromatic N) is 2. The van der Waals surface area contributed by atoms with E-state index in [1.165, 1.54) is 0 Å². The molecule has 0 aromatic heterocycles. The van der Waals surface area contributed by atoms with Crippen LogP contribution in [0.25, 0.3) is 0 Å². The van der Waals surface area contributed by atoms with Crippen LogP contribution < -0.4 is 5.32 Å². The van der Waals surface area contributed by atoms with E-state index < -0.39 is 0 Å². The molecule has 0 saturated carbocycles. The molecule has 0 aromatic rings. The molecule has 0 unspecified atom stereocenters. The van der Waals surface area contributed by atoms with Crippen molar-refractivity contribution in [1.82, 2.24) is 10.2 Å². The van der Waals surface area contributed by atoms with Gasteiger partial charge in [-0.25, -0.2) is 5.32 Å². The minimum Gasteiger partial charge on any atom is -0.395 e. The van der Waals surface area contributed by atoms with E-state index in [0.29, 0.717) is 19.1 Å². The summed E-state index contributed by atoms with van der Waals surface area (Å²) >= 11 is 0. The van der Waals surface area contributed by atoms with E-state index in [-0.39, 0.29) is 13.2 Å². The van der Waals surface area contributed by atoms with E-state index in [9.17, 15) is 0 Å². The van der Waals surface area contributed by atoms with E-state index in [4.69, 9.17) is 10.2 Å². The van der Waals surface area contributed by atoms with Gasteiger partial charge >= 0.3 is 0 Å². The highest BCUT2D eigenvalue weighted by Gasteiger charge is 2.19. The molecule has 1 aliphatic rings. The molecule has 1 aliphatic heterocycles. The highest BCUT2D eigenvalue weighted by molar-refractivity contribution is 4.77. The minimum absolute atomic E-state index is 0.174. The molecule has 1 radical (unpaired) electrons. The summed E-state index contributed by atoms with van der Waals surface area (Å²) in [7, 11) is 0. The Hall–Kier alpha value is -0.160. The Kier molecular flexibility index (Phi) is 5.31. The van der Waals surface area contributed by atoms with Crippen LogP contribution in [-0.2, 0) is 0 Å². The fourth-order valence-electron chi connectivity index (χ4n) is 1.84. The molecule has 1 saturated heterocycles. The summed E-state index contributed by atoms with van der Waals surface area (Å²) in [6, 6.07) is 0.511. The smallest absolute Gasteiger partial charge is 0.0558 e. The first kappa shape index (κ1) is 10.9. The van der Waals surface area contributed by atoms with Crippen molar-refractivity contribution in [3.05, 3.63) is 0 Å². The number of hydrogen-bond donors (Lipinski definition) is 2. The van der Waals surface area contributed by atoms with Crippen LogP contribution in [0.5, 0.6) is 0 Å². The van der Waals surface area contributed by atoms with Gasteiger partial charge < -0.3 is 10.2 Å². The zero-order valence-corrected chi connectivity index (χ0v) is 8.02. The van der Waals surface area contributed by atoms with Crippen LogP contribution in [0.2, 0.25) is 0 Å². The molecule has 4 nitrogen and oxygen atoms in total. The predicted octanol–water partition coefficient (Wildman–Crippen LogP) is -0.960. The molecule has 0 amide bonds. The summed E-state index contributed by atoms with van der Waals surface area (Å²) in [6.45, 7) is 3.55. The fourth-order valence-corrected chi connectivity index (χ4v) is 1.84. The van der Waals surface area contributed by atoms with Crippen molar-refractivity contribution in [2.75, 3.05) is 39.4 Å². The normalized spacial score (nSPS) is 19.6. The van der Waals surface area contributed by atoms with Gasteiger partial charge in [0.2, 0.25) is 0 Å². The average molecular weight is 187 g/mol. The van der Waals surface area contributed by atoms with E-state index in [1.54, 1.807) is 0 Å². The predicted molar refractivity (Wildman–Crippen MR) is 50.6 cm³/mol. The first-order chi connectivity index (χ1) is 6.38. The summed E-state index contributed by atoms with van der Waals surface area (Å²) in [4.78, 5) is 2.16. The molecule has 1 rings (SSSR count). The Labute approximate surface area is 79.6 Å². The van der Waals surface area contributed by atoms with Gasteiger partial charge in [0.05, 0.1) is 13.2 Å². The number of rotatable bonds is 5. The maximum Gasteiger partial charge on any atom is 0.0558 e. The molecule has 77 valence electrons. The van der Waals surface area contributed by atoms with Crippen LogP contribution >= 0.6 is 0 Å². The zero-order chi connectivity index (χ0) is 9.52. The Bertz CT molecular complexity index is 121. The van der Waals surface area contributed by atoms with Gasteiger partial charge in [-0.2, -0.15) is 0 Å². The lowest BCUT2D eigenvalue weighted by Crippen LogP contribution is -2.43. The Balaban J connectivity index is 2.32. The monoisotopic (exact) mass is 187 g/mol. The van der Waals surface area contributed by atoms with Crippen LogP contribution in [0.15, 0.2) is 0 Å². The standard InChI is InChI=1S/C9H19N2O2/c12-7-5-11(6-8-13)9-1-3-10-4-2-9/h9,12-13H,1-8H2. The second kappa shape index (κ2) is 6.32. The second-order valence-corrected chi connectivity index (χ2v) is 3.39. The first-order valence-corrected chi connectivity index (χ1v) is 4.97. The van der Waals surface area contributed by atoms with Gasteiger partial charge in [-0.15, -0.1) is 0 Å². The molecule has 1 fully saturated rings. The van der Waals surface area contributed by atoms with Crippen molar-refractivity contribution in [2.45, 2.75) is 18.9 Å². The van der Waals surface area contributed by atoms with E-state index in [0.717, 1.165) is 25.9 Å². The number of piperidine rings is 1. The molecule has 0 atom stereocenters. The molecule has 13 heavy (non-hydrogen) atoms. The Morgan fingerprint density at radius 3 is 2.08 bits per heavy atom. The zero-order valence-electron chi connectivity index (χ0n) is 8.02. The van der Waals surface area contributed by atoms with Gasteiger partial charge in [-0.3, -0.25) is 4.90 Å². The summed E-state index contributed by atoms with van der Waals surface area (Å²) in [5.74, 6) is 0. The largest absolute Gasteiger partial charge is 0.395 e. The summed E-state index contributed by atoms with van der Waals surface area (Å²) in [6.07, 6.45) is 2.14. The molecular weight excluding hydrogens is 168 g/mol. The van der Waals surface area contributed by atoms with Gasteiger partial charge in [0.15, 0.2) is 0 Å². The number of aliphatic hydroxyl groups is 2. The van der Waals surface area contributed by atoms with Crippen LogP contribution in [-0.4, -0.2) is 60.5 Å². The maximum atomic E-state index is 8.85. The van der Waals surface area contributed by atoms with Crippen molar-refractivity contribution >= 4 is 0 Å². The highest BCUT2D eigenvalue weighted by atomic mass is 16.3. The third-order valence-electron chi connectivity index (χ3n) is 2.53. The van der Waals surface area contributed by atoms with Crippen molar-refractivity contribution in [3.8, 4) is 0 Å². The van der Waals surface area contributed by atoms with Gasteiger partial charge in [-0.1, -0.05) is 0 Å². The molecule has 0 spiro atoms. The fraction of sp³-hybridized carbons (Fsp3) is 1.00. The minimum atomic E-state index is 0.174. The lowest BCUT2D eigenvalue weighted by molar-refractivity contribution is 0.104. The summed E-state index contributed by atoms with van der Waals surface area (Å²) in [5.41, 5.74) is 0. The number of hydrogen-bond acceptors (Lipinski definition) is 3. The Morgan fingerprint density at radius 2 is 1.62 bits per heavy atom. The maximum absolute atomic E-state index is 8.85. The van der Waals surface area contributed by atoms with E-state index >= 15 is 0 Å². The number of aliphatic hydroxyl groups excluding tert-OH is 2. The summed E-state index contributed by atoms with van der Waals surface area (Å²) < 4.78 is 0.